The third-order valence-corrected chi connectivity index (χ3v) is 10.4. The maximum atomic E-state index is 13.5. The van der Waals surface area contributed by atoms with Crippen molar-refractivity contribution in [2.45, 2.75) is 35.5 Å². The van der Waals surface area contributed by atoms with E-state index in [4.69, 9.17) is 5.10 Å². The van der Waals surface area contributed by atoms with E-state index < -0.39 is 24.8 Å². The molecule has 40 heavy (non-hydrogen) atoms. The Morgan fingerprint density at radius 3 is 2.08 bits per heavy atom. The van der Waals surface area contributed by atoms with Crippen molar-refractivity contribution < 1.29 is 16.8 Å². The van der Waals surface area contributed by atoms with E-state index in [1.54, 1.807) is 53.3 Å². The summed E-state index contributed by atoms with van der Waals surface area (Å²) in [6.45, 7) is 0.956. The molecule has 2 heterocycles. The topological polar surface area (TPSA) is 113 Å². The minimum atomic E-state index is -4.09. The summed E-state index contributed by atoms with van der Waals surface area (Å²) >= 11 is 0. The summed E-state index contributed by atoms with van der Waals surface area (Å²) < 4.78 is 56.7. The van der Waals surface area contributed by atoms with Gasteiger partial charge in [-0.3, -0.25) is 0 Å². The van der Waals surface area contributed by atoms with E-state index in [-0.39, 0.29) is 9.79 Å². The number of hydrogen-bond acceptors (Lipinski definition) is 6. The van der Waals surface area contributed by atoms with E-state index >= 15 is 0 Å². The zero-order valence-corrected chi connectivity index (χ0v) is 23.4. The molecule has 0 aliphatic carbocycles. The summed E-state index contributed by atoms with van der Waals surface area (Å²) in [5.41, 5.74) is 1.93. The third-order valence-electron chi connectivity index (χ3n) is 6.81. The van der Waals surface area contributed by atoms with Crippen molar-refractivity contribution in [2.24, 2.45) is 0 Å². The Morgan fingerprint density at radius 2 is 1.43 bits per heavy atom. The number of benzene rings is 3. The lowest BCUT2D eigenvalue weighted by molar-refractivity contribution is 0.424. The minimum absolute atomic E-state index is 0.00495. The molecular formula is C30H28N4O4S2. The molecule has 1 fully saturated rings. The van der Waals surface area contributed by atoms with Gasteiger partial charge >= 0.3 is 0 Å². The van der Waals surface area contributed by atoms with Gasteiger partial charge in [0.1, 0.15) is 16.7 Å². The summed E-state index contributed by atoms with van der Waals surface area (Å²) in [6, 6.07) is 25.4. The molecule has 0 saturated carbocycles. The van der Waals surface area contributed by atoms with E-state index in [0.29, 0.717) is 29.9 Å². The van der Waals surface area contributed by atoms with Crippen LogP contribution in [0.15, 0.2) is 106 Å². The molecule has 0 amide bonds. The molecule has 0 unspecified atom stereocenters. The molecule has 3 aromatic carbocycles. The standard InChI is InChI=1S/C30H28N4O4S2/c31-22-29(39(35,36)27-15-7-4-8-16-27)21-25-23-34(26-13-5-3-6-14-26)32-30(25)24-12-11-17-28(20-24)40(37,38)33-18-9-1-2-10-19-33/h3-8,11-17,20-21,23H,1-2,9-10,18-19H2. The molecule has 0 spiro atoms. The predicted octanol–water partition coefficient (Wildman–Crippen LogP) is 5.44. The van der Waals surface area contributed by atoms with Crippen LogP contribution in [0.25, 0.3) is 23.0 Å². The molecule has 0 N–H and O–H groups in total. The van der Waals surface area contributed by atoms with Gasteiger partial charge in [-0.2, -0.15) is 14.7 Å². The zero-order chi connectivity index (χ0) is 28.2. The molecule has 8 nitrogen and oxygen atoms in total. The van der Waals surface area contributed by atoms with Crippen molar-refractivity contribution in [1.29, 1.82) is 5.26 Å². The number of sulfone groups is 1. The lowest BCUT2D eigenvalue weighted by Gasteiger charge is -2.20. The van der Waals surface area contributed by atoms with E-state index in [1.807, 2.05) is 36.4 Å². The van der Waals surface area contributed by atoms with Crippen molar-refractivity contribution in [2.75, 3.05) is 13.1 Å². The van der Waals surface area contributed by atoms with E-state index in [9.17, 15) is 22.1 Å². The molecule has 1 saturated heterocycles. The average Bonchev–Trinajstić information content (AvgIpc) is 3.20. The van der Waals surface area contributed by atoms with Crippen molar-refractivity contribution in [1.82, 2.24) is 14.1 Å². The number of hydrogen-bond donors (Lipinski definition) is 0. The Kier molecular flexibility index (Phi) is 7.98. The first-order chi connectivity index (χ1) is 19.3. The Hall–Kier alpha value is -4.04. The molecule has 204 valence electrons. The summed E-state index contributed by atoms with van der Waals surface area (Å²) in [4.78, 5) is -0.292. The lowest BCUT2D eigenvalue weighted by Crippen LogP contribution is -2.31. The summed E-state index contributed by atoms with van der Waals surface area (Å²) in [6.07, 6.45) is 6.58. The van der Waals surface area contributed by atoms with Crippen LogP contribution in [-0.4, -0.2) is 44.0 Å². The fraction of sp³-hybridized carbons (Fsp3) is 0.200. The highest BCUT2D eigenvalue weighted by Gasteiger charge is 2.26. The van der Waals surface area contributed by atoms with Crippen LogP contribution in [0.2, 0.25) is 0 Å². The second kappa shape index (κ2) is 11.6. The van der Waals surface area contributed by atoms with Crippen LogP contribution in [0, 0.1) is 11.3 Å². The second-order valence-electron chi connectivity index (χ2n) is 9.50. The molecular weight excluding hydrogens is 544 g/mol. The molecule has 1 aromatic heterocycles. The number of nitriles is 1. The van der Waals surface area contributed by atoms with Gasteiger partial charge in [-0.15, -0.1) is 0 Å². The Labute approximate surface area is 234 Å². The maximum absolute atomic E-state index is 13.5. The van der Waals surface area contributed by atoms with Crippen LogP contribution < -0.4 is 0 Å². The Balaban J connectivity index is 1.63. The first kappa shape index (κ1) is 27.5. The number of allylic oxidation sites excluding steroid dienone is 1. The summed E-state index contributed by atoms with van der Waals surface area (Å²) in [5.74, 6) is 0. The van der Waals surface area contributed by atoms with Crippen LogP contribution in [0.3, 0.4) is 0 Å². The summed E-state index contributed by atoms with van der Waals surface area (Å²) in [7, 11) is -7.82. The van der Waals surface area contributed by atoms with Gasteiger partial charge in [-0.05, 0) is 55.3 Å². The fourth-order valence-corrected chi connectivity index (χ4v) is 7.44. The highest BCUT2D eigenvalue weighted by molar-refractivity contribution is 7.95. The first-order valence-corrected chi connectivity index (χ1v) is 15.9. The van der Waals surface area contributed by atoms with Crippen LogP contribution in [0.1, 0.15) is 31.2 Å². The van der Waals surface area contributed by atoms with Crippen LogP contribution in [0.5, 0.6) is 0 Å². The number of rotatable bonds is 7. The Morgan fingerprint density at radius 1 is 0.800 bits per heavy atom. The van der Waals surface area contributed by atoms with E-state index in [1.165, 1.54) is 22.5 Å². The highest BCUT2D eigenvalue weighted by Crippen LogP contribution is 2.31. The number of nitrogens with zero attached hydrogens (tertiary/aromatic N) is 4. The minimum Gasteiger partial charge on any atom is -0.240 e. The van der Waals surface area contributed by atoms with E-state index in [2.05, 4.69) is 0 Å². The quantitative estimate of drug-likeness (QED) is 0.273. The molecule has 5 rings (SSSR count). The number of para-hydroxylation sites is 1. The molecule has 1 aliphatic rings. The van der Waals surface area contributed by atoms with Gasteiger partial charge in [-0.25, -0.2) is 21.5 Å². The first-order valence-electron chi connectivity index (χ1n) is 13.0. The zero-order valence-electron chi connectivity index (χ0n) is 21.7. The molecule has 0 atom stereocenters. The van der Waals surface area contributed by atoms with Gasteiger partial charge in [0.25, 0.3) is 0 Å². The van der Waals surface area contributed by atoms with Crippen LogP contribution >= 0.6 is 0 Å². The van der Waals surface area contributed by atoms with Gasteiger partial charge in [0.15, 0.2) is 0 Å². The highest BCUT2D eigenvalue weighted by atomic mass is 32.2. The monoisotopic (exact) mass is 572 g/mol. The maximum Gasteiger partial charge on any atom is 0.243 e. The number of aromatic nitrogens is 2. The smallest absolute Gasteiger partial charge is 0.240 e. The van der Waals surface area contributed by atoms with Gasteiger partial charge in [0.2, 0.25) is 19.9 Å². The molecule has 4 aromatic rings. The number of sulfonamides is 1. The molecule has 0 radical (unpaired) electrons. The van der Waals surface area contributed by atoms with Crippen molar-refractivity contribution in [3.63, 3.8) is 0 Å². The third kappa shape index (κ3) is 5.63. The summed E-state index contributed by atoms with van der Waals surface area (Å²) in [5, 5.41) is 14.6. The van der Waals surface area contributed by atoms with Crippen LogP contribution in [0.4, 0.5) is 0 Å². The second-order valence-corrected chi connectivity index (χ2v) is 13.4. The van der Waals surface area contributed by atoms with Crippen molar-refractivity contribution in [3.05, 3.63) is 102 Å². The van der Waals surface area contributed by atoms with Gasteiger partial charge in [0.05, 0.1) is 15.5 Å². The molecule has 10 heteroatoms. The largest absolute Gasteiger partial charge is 0.243 e. The van der Waals surface area contributed by atoms with E-state index in [0.717, 1.165) is 31.4 Å². The van der Waals surface area contributed by atoms with Crippen molar-refractivity contribution in [3.8, 4) is 23.0 Å². The van der Waals surface area contributed by atoms with Crippen LogP contribution in [-0.2, 0) is 19.9 Å². The molecule has 0 bridgehead atoms. The SMILES string of the molecule is N#CC(=Cc1cn(-c2ccccc2)nc1-c1cccc(S(=O)(=O)N2CCCCCC2)c1)S(=O)(=O)c1ccccc1. The van der Waals surface area contributed by atoms with Crippen molar-refractivity contribution >= 4 is 25.9 Å². The van der Waals surface area contributed by atoms with Gasteiger partial charge in [0, 0.05) is 30.4 Å². The lowest BCUT2D eigenvalue weighted by atomic mass is 10.1. The van der Waals surface area contributed by atoms with Gasteiger partial charge < -0.3 is 0 Å². The predicted molar refractivity (Wildman–Crippen MR) is 153 cm³/mol. The average molecular weight is 573 g/mol. The fourth-order valence-electron chi connectivity index (χ4n) is 4.70. The van der Waals surface area contributed by atoms with Gasteiger partial charge in [-0.1, -0.05) is 61.4 Å². The normalized spacial score (nSPS) is 15.3. The molecule has 1 aliphatic heterocycles. The Bertz CT molecular complexity index is 1780.